The van der Waals surface area contributed by atoms with E-state index in [1.807, 2.05) is 25.1 Å². The van der Waals surface area contributed by atoms with E-state index in [1.165, 1.54) is 0 Å². The zero-order chi connectivity index (χ0) is 15.4. The third-order valence-electron chi connectivity index (χ3n) is 4.02. The third kappa shape index (κ3) is 3.74. The molecule has 2 N–H and O–H groups in total. The quantitative estimate of drug-likeness (QED) is 0.869. The normalized spacial score (nSPS) is 21.0. The zero-order valence-electron chi connectivity index (χ0n) is 12.4. The van der Waals surface area contributed by atoms with E-state index < -0.39 is 11.9 Å². The summed E-state index contributed by atoms with van der Waals surface area (Å²) < 4.78 is 5.24. The highest BCUT2D eigenvalue weighted by atomic mass is 16.5. The van der Waals surface area contributed by atoms with Crippen LogP contribution in [0.1, 0.15) is 30.4 Å². The number of hydrogen-bond acceptors (Lipinski definition) is 3. The number of rotatable bonds is 5. The first-order valence-electron chi connectivity index (χ1n) is 7.17. The Kier molecular flexibility index (Phi) is 4.83. The number of nitrogens with one attached hydrogen (secondary N) is 1. The van der Waals surface area contributed by atoms with Gasteiger partial charge in [-0.1, -0.05) is 18.6 Å². The molecule has 0 radical (unpaired) electrons. The third-order valence-corrected chi connectivity index (χ3v) is 4.02. The monoisotopic (exact) mass is 291 g/mol. The maximum atomic E-state index is 12.1. The van der Waals surface area contributed by atoms with Crippen LogP contribution in [0, 0.1) is 12.8 Å². The summed E-state index contributed by atoms with van der Waals surface area (Å²) in [5.74, 6) is -0.667. The number of carboxylic acids is 1. The van der Waals surface area contributed by atoms with Crippen LogP contribution in [0.4, 0.5) is 0 Å². The van der Waals surface area contributed by atoms with Crippen molar-refractivity contribution in [3.63, 3.8) is 0 Å². The van der Waals surface area contributed by atoms with Gasteiger partial charge in [0.05, 0.1) is 19.4 Å². The van der Waals surface area contributed by atoms with Crippen molar-refractivity contribution < 1.29 is 19.4 Å². The van der Waals surface area contributed by atoms with E-state index in [0.717, 1.165) is 29.7 Å². The van der Waals surface area contributed by atoms with E-state index in [4.69, 9.17) is 9.84 Å². The number of aliphatic carboxylic acids is 1. The molecule has 0 saturated heterocycles. The van der Waals surface area contributed by atoms with E-state index in [2.05, 4.69) is 5.32 Å². The van der Waals surface area contributed by atoms with Crippen molar-refractivity contribution in [2.24, 2.45) is 5.92 Å². The molecule has 0 aromatic heterocycles. The molecule has 2 atom stereocenters. The summed E-state index contributed by atoms with van der Waals surface area (Å²) in [6.07, 6.45) is 2.46. The van der Waals surface area contributed by atoms with Crippen molar-refractivity contribution in [3.05, 3.63) is 29.3 Å². The molecule has 1 fully saturated rings. The van der Waals surface area contributed by atoms with Crippen molar-refractivity contribution in [2.75, 3.05) is 7.11 Å². The second kappa shape index (κ2) is 6.61. The Morgan fingerprint density at radius 2 is 2.14 bits per heavy atom. The summed E-state index contributed by atoms with van der Waals surface area (Å²) >= 11 is 0. The Bertz CT molecular complexity index is 541. The van der Waals surface area contributed by atoms with Gasteiger partial charge in [-0.2, -0.15) is 0 Å². The minimum absolute atomic E-state index is 0.140. The summed E-state index contributed by atoms with van der Waals surface area (Å²) in [4.78, 5) is 23.2. The van der Waals surface area contributed by atoms with Gasteiger partial charge in [0.2, 0.25) is 5.91 Å². The second-order valence-corrected chi connectivity index (χ2v) is 5.53. The van der Waals surface area contributed by atoms with Gasteiger partial charge in [0, 0.05) is 6.04 Å². The molecule has 0 spiro atoms. The molecular formula is C16H21NO4. The van der Waals surface area contributed by atoms with Crippen LogP contribution in [-0.4, -0.2) is 30.1 Å². The van der Waals surface area contributed by atoms with Crippen LogP contribution in [0.2, 0.25) is 0 Å². The molecule has 0 unspecified atom stereocenters. The van der Waals surface area contributed by atoms with Gasteiger partial charge in [-0.25, -0.2) is 0 Å². The number of carbonyl (C=O) groups excluding carboxylic acids is 1. The molecule has 1 amide bonds. The number of amides is 1. The lowest BCUT2D eigenvalue weighted by Crippen LogP contribution is -2.40. The summed E-state index contributed by atoms with van der Waals surface area (Å²) in [6, 6.07) is 5.40. The highest BCUT2D eigenvalue weighted by molar-refractivity contribution is 5.80. The molecule has 114 valence electrons. The van der Waals surface area contributed by atoms with Gasteiger partial charge in [-0.3, -0.25) is 9.59 Å². The number of carboxylic acid groups (broad SMARTS) is 1. The van der Waals surface area contributed by atoms with Crippen molar-refractivity contribution in [3.8, 4) is 5.75 Å². The predicted molar refractivity (Wildman–Crippen MR) is 78.3 cm³/mol. The Morgan fingerprint density at radius 3 is 2.81 bits per heavy atom. The first-order chi connectivity index (χ1) is 10.0. The van der Waals surface area contributed by atoms with Crippen molar-refractivity contribution >= 4 is 11.9 Å². The molecule has 1 aromatic rings. The predicted octanol–water partition coefficient (Wildman–Crippen LogP) is 1.92. The number of carbonyl (C=O) groups is 2. The van der Waals surface area contributed by atoms with Crippen LogP contribution in [0.3, 0.4) is 0 Å². The molecule has 1 aliphatic rings. The maximum Gasteiger partial charge on any atom is 0.308 e. The molecular weight excluding hydrogens is 270 g/mol. The Morgan fingerprint density at radius 1 is 1.38 bits per heavy atom. The molecule has 5 heteroatoms. The van der Waals surface area contributed by atoms with Crippen LogP contribution >= 0.6 is 0 Å². The first-order valence-corrected chi connectivity index (χ1v) is 7.17. The van der Waals surface area contributed by atoms with Gasteiger partial charge < -0.3 is 15.2 Å². The average molecular weight is 291 g/mol. The number of benzene rings is 1. The zero-order valence-corrected chi connectivity index (χ0v) is 12.4. The Hall–Kier alpha value is -2.04. The fourth-order valence-corrected chi connectivity index (χ4v) is 2.85. The van der Waals surface area contributed by atoms with Gasteiger partial charge in [0.1, 0.15) is 5.75 Å². The number of ether oxygens (including phenoxy) is 1. The van der Waals surface area contributed by atoms with Gasteiger partial charge in [0.25, 0.3) is 0 Å². The summed E-state index contributed by atoms with van der Waals surface area (Å²) in [6.45, 7) is 1.94. The molecule has 21 heavy (non-hydrogen) atoms. The number of aryl methyl sites for hydroxylation is 1. The SMILES string of the molecule is COc1cc(CC(=O)N[C@@H]2CCC[C@@H]2C(=O)O)ccc1C. The van der Waals surface area contributed by atoms with Crippen LogP contribution in [0.15, 0.2) is 18.2 Å². The topological polar surface area (TPSA) is 75.6 Å². The lowest BCUT2D eigenvalue weighted by molar-refractivity contribution is -0.142. The molecule has 1 aromatic carbocycles. The van der Waals surface area contributed by atoms with Gasteiger partial charge in [-0.05, 0) is 37.0 Å². The maximum absolute atomic E-state index is 12.1. The first kappa shape index (κ1) is 15.4. The van der Waals surface area contributed by atoms with E-state index in [-0.39, 0.29) is 18.4 Å². The van der Waals surface area contributed by atoms with Crippen LogP contribution in [0.5, 0.6) is 5.75 Å². The Balaban J connectivity index is 1.97. The summed E-state index contributed by atoms with van der Waals surface area (Å²) in [5.41, 5.74) is 1.88. The highest BCUT2D eigenvalue weighted by Crippen LogP contribution is 2.26. The molecule has 0 aliphatic heterocycles. The minimum atomic E-state index is -0.824. The molecule has 5 nitrogen and oxygen atoms in total. The van der Waals surface area contributed by atoms with Gasteiger partial charge >= 0.3 is 5.97 Å². The molecule has 1 aliphatic carbocycles. The molecule has 0 bridgehead atoms. The fraction of sp³-hybridized carbons (Fsp3) is 0.500. The van der Waals surface area contributed by atoms with Gasteiger partial charge in [-0.15, -0.1) is 0 Å². The summed E-state index contributed by atoms with van der Waals surface area (Å²) in [5, 5.41) is 12.0. The van der Waals surface area contributed by atoms with E-state index in [9.17, 15) is 9.59 Å². The van der Waals surface area contributed by atoms with Crippen molar-refractivity contribution in [1.29, 1.82) is 0 Å². The van der Waals surface area contributed by atoms with Crippen molar-refractivity contribution in [2.45, 2.75) is 38.6 Å². The van der Waals surface area contributed by atoms with E-state index in [1.54, 1.807) is 7.11 Å². The van der Waals surface area contributed by atoms with Crippen LogP contribution < -0.4 is 10.1 Å². The van der Waals surface area contributed by atoms with E-state index in [0.29, 0.717) is 6.42 Å². The lowest BCUT2D eigenvalue weighted by Gasteiger charge is -2.17. The fourth-order valence-electron chi connectivity index (χ4n) is 2.85. The van der Waals surface area contributed by atoms with Gasteiger partial charge in [0.15, 0.2) is 0 Å². The number of hydrogen-bond donors (Lipinski definition) is 2. The minimum Gasteiger partial charge on any atom is -0.496 e. The average Bonchev–Trinajstić information content (AvgIpc) is 2.89. The number of methoxy groups -OCH3 is 1. The largest absolute Gasteiger partial charge is 0.496 e. The Labute approximate surface area is 124 Å². The molecule has 0 heterocycles. The standard InChI is InChI=1S/C16H21NO4/c1-10-6-7-11(8-14(10)21-2)9-15(18)17-13-5-3-4-12(13)16(19)20/h6-8,12-13H,3-5,9H2,1-2H3,(H,17,18)(H,19,20)/t12-,13+/m0/s1. The van der Waals surface area contributed by atoms with Crippen LogP contribution in [0.25, 0.3) is 0 Å². The highest BCUT2D eigenvalue weighted by Gasteiger charge is 2.33. The second-order valence-electron chi connectivity index (χ2n) is 5.53. The lowest BCUT2D eigenvalue weighted by atomic mass is 10.0. The summed E-state index contributed by atoms with van der Waals surface area (Å²) in [7, 11) is 1.60. The van der Waals surface area contributed by atoms with Crippen molar-refractivity contribution in [1.82, 2.24) is 5.32 Å². The van der Waals surface area contributed by atoms with Crippen LogP contribution in [-0.2, 0) is 16.0 Å². The molecule has 2 rings (SSSR count). The van der Waals surface area contributed by atoms with E-state index >= 15 is 0 Å². The molecule has 1 saturated carbocycles. The smallest absolute Gasteiger partial charge is 0.308 e.